The minimum Gasteiger partial charge on any atom is -0.310 e. The number of rotatable bonds is 9. The Morgan fingerprint density at radius 3 is 1.20 bits per heavy atom. The minimum absolute atomic E-state index is 0.629. The largest absolute Gasteiger partial charge is 0.310 e. The van der Waals surface area contributed by atoms with Crippen molar-refractivity contribution >= 4 is 48.6 Å². The molecule has 12 aromatic rings. The van der Waals surface area contributed by atoms with Crippen molar-refractivity contribution in [2.75, 3.05) is 4.90 Å². The molecule has 1 aromatic heterocycles. The third kappa shape index (κ3) is 6.83. The second-order valence-corrected chi connectivity index (χ2v) is 19.0. The van der Waals surface area contributed by atoms with Gasteiger partial charge in [0.2, 0.25) is 0 Å². The molecule has 0 aliphatic heterocycles. The summed E-state index contributed by atoms with van der Waals surface area (Å²) in [4.78, 5) is 2.44. The van der Waals surface area contributed by atoms with E-state index in [9.17, 15) is 0 Å². The van der Waals surface area contributed by atoms with E-state index in [1.165, 1.54) is 98.1 Å². The average molecular weight is 896 g/mol. The molecule has 2 heteroatoms. The van der Waals surface area contributed by atoms with Crippen LogP contribution in [-0.2, 0) is 5.41 Å². The van der Waals surface area contributed by atoms with E-state index < -0.39 is 5.41 Å². The van der Waals surface area contributed by atoms with Crippen LogP contribution in [0.5, 0.6) is 0 Å². The Morgan fingerprint density at radius 2 is 0.696 bits per heavy atom. The molecule has 0 bridgehead atoms. The summed E-state index contributed by atoms with van der Waals surface area (Å²) in [5.74, 6) is 0. The maximum atomic E-state index is 2.53. The van der Waals surface area contributed by atoms with Gasteiger partial charge in [0.05, 0.1) is 5.41 Å². The third-order valence-corrected chi connectivity index (χ3v) is 15.3. The molecule has 1 nitrogen and oxygen atoms in total. The molecule has 1 aliphatic carbocycles. The molecule has 0 saturated heterocycles. The van der Waals surface area contributed by atoms with E-state index in [1.54, 1.807) is 0 Å². The molecule has 324 valence electrons. The number of fused-ring (bicyclic) bond motifs is 6. The fourth-order valence-electron chi connectivity index (χ4n) is 11.0. The van der Waals surface area contributed by atoms with E-state index in [1.807, 2.05) is 11.3 Å². The van der Waals surface area contributed by atoms with E-state index >= 15 is 0 Å². The highest BCUT2D eigenvalue weighted by Gasteiger charge is 2.48. The number of hydrogen-bond donors (Lipinski definition) is 0. The van der Waals surface area contributed by atoms with Crippen LogP contribution in [0.4, 0.5) is 17.1 Å². The van der Waals surface area contributed by atoms with Gasteiger partial charge in [0.25, 0.3) is 0 Å². The van der Waals surface area contributed by atoms with Crippen LogP contribution in [0.25, 0.3) is 75.8 Å². The van der Waals surface area contributed by atoms with Gasteiger partial charge in [-0.15, -0.1) is 11.3 Å². The summed E-state index contributed by atoms with van der Waals surface area (Å²) in [6.45, 7) is 0. The Morgan fingerprint density at radius 1 is 0.290 bits per heavy atom. The Balaban J connectivity index is 1.05. The van der Waals surface area contributed by atoms with E-state index in [2.05, 4.69) is 278 Å². The molecule has 0 N–H and O–H groups in total. The molecule has 0 atom stereocenters. The van der Waals surface area contributed by atoms with Crippen LogP contribution < -0.4 is 4.90 Å². The molecule has 0 amide bonds. The fraction of sp³-hybridized carbons (Fsp3) is 0.0149. The van der Waals surface area contributed by atoms with Crippen LogP contribution in [0.3, 0.4) is 0 Å². The minimum atomic E-state index is -0.629. The summed E-state index contributed by atoms with van der Waals surface area (Å²) < 4.78 is 2.60. The zero-order chi connectivity index (χ0) is 45.7. The molecule has 69 heavy (non-hydrogen) atoms. The molecule has 0 unspecified atom stereocenters. The zero-order valence-corrected chi connectivity index (χ0v) is 38.7. The maximum Gasteiger partial charge on any atom is 0.0715 e. The Bertz CT molecular complexity index is 3730. The second-order valence-electron chi connectivity index (χ2n) is 18.0. The number of hydrogen-bond acceptors (Lipinski definition) is 2. The van der Waals surface area contributed by atoms with Gasteiger partial charge in [-0.25, -0.2) is 0 Å². The van der Waals surface area contributed by atoms with Crippen molar-refractivity contribution in [3.8, 4) is 55.6 Å². The van der Waals surface area contributed by atoms with Crippen molar-refractivity contribution in [1.29, 1.82) is 0 Å². The van der Waals surface area contributed by atoms with Crippen LogP contribution in [0.1, 0.15) is 22.3 Å². The molecule has 1 aliphatic rings. The Kier molecular flexibility index (Phi) is 10.00. The smallest absolute Gasteiger partial charge is 0.0715 e. The maximum absolute atomic E-state index is 2.53. The SMILES string of the molecule is c1ccc(-c2ccc(-c3ccc(N(c4ccc(-c5ccccc5)cc4)c4ccc5c(c4)C(c4ccccc4)(c4ccccc4)c4cc6sc7ccccc7c6c(-c6ccccc6)c4-5)cc3)cc2)cc1. The van der Waals surface area contributed by atoms with Crippen LogP contribution in [0, 0.1) is 0 Å². The van der Waals surface area contributed by atoms with Crippen LogP contribution in [0.2, 0.25) is 0 Å². The Hall–Kier alpha value is -8.56. The lowest BCUT2D eigenvalue weighted by Crippen LogP contribution is -2.28. The molecule has 0 fully saturated rings. The molecule has 0 saturated carbocycles. The van der Waals surface area contributed by atoms with Crippen LogP contribution in [0.15, 0.2) is 273 Å². The molecule has 11 aromatic carbocycles. The van der Waals surface area contributed by atoms with Crippen molar-refractivity contribution in [3.05, 3.63) is 295 Å². The summed E-state index contributed by atoms with van der Waals surface area (Å²) in [6.07, 6.45) is 0. The van der Waals surface area contributed by atoms with Gasteiger partial charge in [0, 0.05) is 37.2 Å². The predicted molar refractivity (Wildman–Crippen MR) is 293 cm³/mol. The molecule has 0 spiro atoms. The highest BCUT2D eigenvalue weighted by molar-refractivity contribution is 7.26. The Labute approximate surface area is 407 Å². The second kappa shape index (κ2) is 16.9. The van der Waals surface area contributed by atoms with Crippen LogP contribution in [-0.4, -0.2) is 0 Å². The van der Waals surface area contributed by atoms with Gasteiger partial charge in [-0.2, -0.15) is 0 Å². The number of anilines is 3. The molecular formula is C67H45NS. The first-order chi connectivity index (χ1) is 34.2. The topological polar surface area (TPSA) is 3.24 Å². The van der Waals surface area contributed by atoms with Crippen molar-refractivity contribution in [2.24, 2.45) is 0 Å². The molecule has 1 heterocycles. The quantitative estimate of drug-likeness (QED) is 0.140. The number of thiophene rings is 1. The zero-order valence-electron chi connectivity index (χ0n) is 37.8. The van der Waals surface area contributed by atoms with Crippen molar-refractivity contribution in [1.82, 2.24) is 0 Å². The van der Waals surface area contributed by atoms with Crippen LogP contribution >= 0.6 is 11.3 Å². The van der Waals surface area contributed by atoms with E-state index in [0.717, 1.165) is 17.1 Å². The molecular weight excluding hydrogens is 851 g/mol. The van der Waals surface area contributed by atoms with E-state index in [-0.39, 0.29) is 0 Å². The number of benzene rings is 11. The first-order valence-electron chi connectivity index (χ1n) is 23.7. The van der Waals surface area contributed by atoms with Gasteiger partial charge >= 0.3 is 0 Å². The first kappa shape index (κ1) is 40.7. The summed E-state index contributed by atoms with van der Waals surface area (Å²) in [7, 11) is 0. The highest BCUT2D eigenvalue weighted by Crippen LogP contribution is 2.62. The summed E-state index contributed by atoms with van der Waals surface area (Å²) in [6, 6.07) is 101. The fourth-order valence-corrected chi connectivity index (χ4v) is 12.2. The lowest BCUT2D eigenvalue weighted by Gasteiger charge is -2.35. The van der Waals surface area contributed by atoms with Gasteiger partial charge < -0.3 is 4.90 Å². The summed E-state index contributed by atoms with van der Waals surface area (Å²) in [5, 5.41) is 2.62. The predicted octanol–water partition coefficient (Wildman–Crippen LogP) is 18.6. The standard InChI is InChI=1S/C67H45NS/c1-6-18-46(19-7-1)48-30-32-49(33-31-48)51-36-40-56(41-37-51)68(55-38-34-50(35-39-55)47-20-8-2-9-21-47)57-42-43-58-60(44-57)67(53-24-12-4-13-25-53,54-26-14-5-15-27-54)61-45-63-66(59-28-16-17-29-62(59)69-63)64(65(58)61)52-22-10-3-11-23-52/h1-45H. The molecule has 13 rings (SSSR count). The van der Waals surface area contributed by atoms with Gasteiger partial charge in [-0.1, -0.05) is 224 Å². The first-order valence-corrected chi connectivity index (χ1v) is 24.6. The van der Waals surface area contributed by atoms with Gasteiger partial charge in [0.15, 0.2) is 0 Å². The lowest BCUT2D eigenvalue weighted by atomic mass is 9.67. The number of nitrogens with zero attached hydrogens (tertiary/aromatic N) is 1. The van der Waals surface area contributed by atoms with E-state index in [0.29, 0.717) is 0 Å². The summed E-state index contributed by atoms with van der Waals surface area (Å²) in [5.41, 5.74) is 20.0. The molecule has 0 radical (unpaired) electrons. The van der Waals surface area contributed by atoms with E-state index in [4.69, 9.17) is 0 Å². The van der Waals surface area contributed by atoms with Gasteiger partial charge in [-0.05, 0) is 126 Å². The third-order valence-electron chi connectivity index (χ3n) is 14.2. The van der Waals surface area contributed by atoms with Gasteiger partial charge in [0.1, 0.15) is 0 Å². The van der Waals surface area contributed by atoms with Gasteiger partial charge in [-0.3, -0.25) is 0 Å². The summed E-state index contributed by atoms with van der Waals surface area (Å²) >= 11 is 1.90. The normalized spacial score (nSPS) is 12.5. The van der Waals surface area contributed by atoms with Crippen molar-refractivity contribution in [3.63, 3.8) is 0 Å². The monoisotopic (exact) mass is 895 g/mol. The van der Waals surface area contributed by atoms with Crippen molar-refractivity contribution in [2.45, 2.75) is 5.41 Å². The highest BCUT2D eigenvalue weighted by atomic mass is 32.1. The lowest BCUT2D eigenvalue weighted by molar-refractivity contribution is 0.770. The average Bonchev–Trinajstić information content (AvgIpc) is 3.95. The van der Waals surface area contributed by atoms with Crippen molar-refractivity contribution < 1.29 is 0 Å².